The van der Waals surface area contributed by atoms with Gasteiger partial charge in [0.15, 0.2) is 0 Å². The number of hydrogen-bond acceptors (Lipinski definition) is 6. The molecule has 0 spiro atoms. The lowest BCUT2D eigenvalue weighted by Gasteiger charge is -2.26. The third-order valence-electron chi connectivity index (χ3n) is 3.85. The monoisotopic (exact) mass is 317 g/mol. The molecule has 1 aromatic rings. The quantitative estimate of drug-likeness (QED) is 0.806. The van der Waals surface area contributed by atoms with Crippen molar-refractivity contribution < 1.29 is 9.47 Å². The Labute approximate surface area is 128 Å². The van der Waals surface area contributed by atoms with Gasteiger partial charge in [0.1, 0.15) is 10.0 Å². The molecule has 2 aliphatic heterocycles. The van der Waals surface area contributed by atoms with Gasteiger partial charge in [0.25, 0.3) is 0 Å². The van der Waals surface area contributed by atoms with Crippen LogP contribution in [0.2, 0.25) is 4.34 Å². The number of nitrogens with zero attached hydrogens (tertiary/aromatic N) is 3. The van der Waals surface area contributed by atoms with E-state index in [0.717, 1.165) is 64.2 Å². The molecule has 3 heterocycles. The van der Waals surface area contributed by atoms with Crippen molar-refractivity contribution in [1.82, 2.24) is 14.5 Å². The van der Waals surface area contributed by atoms with E-state index in [1.807, 2.05) is 0 Å². The molecule has 5 nitrogen and oxygen atoms in total. The molecule has 0 unspecified atom stereocenters. The Hall–Kier alpha value is -0.270. The van der Waals surface area contributed by atoms with Crippen LogP contribution in [0, 0.1) is 0 Å². The predicted octanol–water partition coefficient (Wildman–Crippen LogP) is 2.35. The van der Waals surface area contributed by atoms with Gasteiger partial charge in [0.05, 0.1) is 12.2 Å². The van der Waals surface area contributed by atoms with Crippen molar-refractivity contribution >= 4 is 23.1 Å². The second-order valence-electron chi connectivity index (χ2n) is 5.46. The fourth-order valence-electron chi connectivity index (χ4n) is 2.86. The Bertz CT molecular complexity index is 402. The van der Waals surface area contributed by atoms with E-state index in [1.165, 1.54) is 11.5 Å². The van der Waals surface area contributed by atoms with E-state index in [0.29, 0.717) is 16.5 Å². The molecular formula is C13H20ClN3O2S. The van der Waals surface area contributed by atoms with Crippen LogP contribution in [0.1, 0.15) is 31.4 Å². The zero-order valence-corrected chi connectivity index (χ0v) is 13.0. The molecular weight excluding hydrogens is 298 g/mol. The molecule has 112 valence electrons. The van der Waals surface area contributed by atoms with Gasteiger partial charge in [-0.1, -0.05) is 16.1 Å². The second kappa shape index (κ2) is 7.13. The van der Waals surface area contributed by atoms with Crippen LogP contribution < -0.4 is 0 Å². The Morgan fingerprint density at radius 2 is 1.80 bits per heavy atom. The number of rotatable bonds is 6. The third kappa shape index (κ3) is 3.89. The molecule has 20 heavy (non-hydrogen) atoms. The van der Waals surface area contributed by atoms with E-state index in [9.17, 15) is 0 Å². The molecule has 0 aliphatic carbocycles. The van der Waals surface area contributed by atoms with Crippen molar-refractivity contribution in [2.75, 3.05) is 26.3 Å². The molecule has 0 saturated carbocycles. The fourth-order valence-corrected chi connectivity index (χ4v) is 3.47. The summed E-state index contributed by atoms with van der Waals surface area (Å²) in [5.74, 6) is 0. The van der Waals surface area contributed by atoms with Gasteiger partial charge in [-0.25, -0.2) is 0 Å². The Morgan fingerprint density at radius 3 is 2.25 bits per heavy atom. The first-order valence-electron chi connectivity index (χ1n) is 7.23. The van der Waals surface area contributed by atoms with Crippen LogP contribution >= 0.6 is 23.1 Å². The topological polar surface area (TPSA) is 47.5 Å². The summed E-state index contributed by atoms with van der Waals surface area (Å²) in [6, 6.07) is 0. The normalized spacial score (nSPS) is 26.7. The van der Waals surface area contributed by atoms with Crippen LogP contribution in [0.4, 0.5) is 0 Å². The molecule has 2 atom stereocenters. The highest BCUT2D eigenvalue weighted by Crippen LogP contribution is 2.22. The Morgan fingerprint density at radius 1 is 1.15 bits per heavy atom. The standard InChI is InChI=1S/C13H20ClN3O2S/c14-13-12(15-16-20-13)9-17(7-10-3-1-5-18-10)8-11-4-2-6-19-11/h10-11H,1-9H2/t10-,11+. The molecule has 2 saturated heterocycles. The summed E-state index contributed by atoms with van der Waals surface area (Å²) in [7, 11) is 0. The minimum atomic E-state index is 0.335. The highest BCUT2D eigenvalue weighted by molar-refractivity contribution is 7.10. The zero-order valence-electron chi connectivity index (χ0n) is 11.5. The maximum atomic E-state index is 6.12. The van der Waals surface area contributed by atoms with Crippen LogP contribution in [0.25, 0.3) is 0 Å². The molecule has 2 aliphatic rings. The summed E-state index contributed by atoms with van der Waals surface area (Å²) in [4.78, 5) is 2.36. The Balaban J connectivity index is 1.60. The highest BCUT2D eigenvalue weighted by atomic mass is 35.5. The first-order chi connectivity index (χ1) is 9.81. The smallest absolute Gasteiger partial charge is 0.138 e. The van der Waals surface area contributed by atoms with Gasteiger partial charge >= 0.3 is 0 Å². The van der Waals surface area contributed by atoms with Crippen LogP contribution in [0.15, 0.2) is 0 Å². The number of ether oxygens (including phenoxy) is 2. The van der Waals surface area contributed by atoms with Gasteiger partial charge < -0.3 is 9.47 Å². The molecule has 1 aromatic heterocycles. The summed E-state index contributed by atoms with van der Waals surface area (Å²) in [6.45, 7) is 4.35. The number of hydrogen-bond donors (Lipinski definition) is 0. The predicted molar refractivity (Wildman–Crippen MR) is 78.1 cm³/mol. The van der Waals surface area contributed by atoms with Crippen LogP contribution in [-0.2, 0) is 16.0 Å². The molecule has 0 bridgehead atoms. The van der Waals surface area contributed by atoms with Crippen molar-refractivity contribution in [3.63, 3.8) is 0 Å². The SMILES string of the molecule is Clc1snnc1CN(C[C@H]1CCCO1)C[C@@H]1CCCO1. The molecule has 7 heteroatoms. The lowest BCUT2D eigenvalue weighted by molar-refractivity contribution is 0.0341. The van der Waals surface area contributed by atoms with Gasteiger partial charge in [-0.05, 0) is 25.7 Å². The van der Waals surface area contributed by atoms with Crippen LogP contribution in [-0.4, -0.2) is 53.0 Å². The van der Waals surface area contributed by atoms with E-state index in [-0.39, 0.29) is 0 Å². The summed E-state index contributed by atoms with van der Waals surface area (Å²) < 4.78 is 16.1. The third-order valence-corrected chi connectivity index (χ3v) is 4.84. The van der Waals surface area contributed by atoms with Crippen molar-refractivity contribution in [2.24, 2.45) is 0 Å². The number of halogens is 1. The fraction of sp³-hybridized carbons (Fsp3) is 0.846. The minimum Gasteiger partial charge on any atom is -0.377 e. The van der Waals surface area contributed by atoms with Crippen molar-refractivity contribution in [2.45, 2.75) is 44.4 Å². The van der Waals surface area contributed by atoms with Gasteiger partial charge in [-0.15, -0.1) is 5.10 Å². The summed E-state index contributed by atoms with van der Waals surface area (Å²) in [5.41, 5.74) is 0.868. The molecule has 0 radical (unpaired) electrons. The van der Waals surface area contributed by atoms with Gasteiger partial charge in [0.2, 0.25) is 0 Å². The zero-order chi connectivity index (χ0) is 13.8. The second-order valence-corrected chi connectivity index (χ2v) is 6.81. The van der Waals surface area contributed by atoms with E-state index < -0.39 is 0 Å². The van der Waals surface area contributed by atoms with E-state index in [4.69, 9.17) is 21.1 Å². The van der Waals surface area contributed by atoms with Gasteiger partial charge in [0, 0.05) is 44.4 Å². The van der Waals surface area contributed by atoms with Crippen LogP contribution in [0.5, 0.6) is 0 Å². The average molecular weight is 318 g/mol. The maximum absolute atomic E-state index is 6.12. The average Bonchev–Trinajstić information content (AvgIpc) is 3.15. The minimum absolute atomic E-state index is 0.335. The van der Waals surface area contributed by atoms with Crippen molar-refractivity contribution in [1.29, 1.82) is 0 Å². The lowest BCUT2D eigenvalue weighted by Crippen LogP contribution is -2.37. The molecule has 3 rings (SSSR count). The lowest BCUT2D eigenvalue weighted by atomic mass is 10.2. The van der Waals surface area contributed by atoms with Crippen molar-refractivity contribution in [3.8, 4) is 0 Å². The largest absolute Gasteiger partial charge is 0.377 e. The van der Waals surface area contributed by atoms with Gasteiger partial charge in [-0.3, -0.25) is 4.90 Å². The van der Waals surface area contributed by atoms with E-state index in [1.54, 1.807) is 0 Å². The molecule has 0 aromatic carbocycles. The highest BCUT2D eigenvalue weighted by Gasteiger charge is 2.25. The molecule has 0 amide bonds. The summed E-state index contributed by atoms with van der Waals surface area (Å²) in [6.07, 6.45) is 5.29. The van der Waals surface area contributed by atoms with Crippen LogP contribution in [0.3, 0.4) is 0 Å². The summed E-state index contributed by atoms with van der Waals surface area (Å²) in [5, 5.41) is 4.12. The van der Waals surface area contributed by atoms with Crippen molar-refractivity contribution in [3.05, 3.63) is 10.0 Å². The molecule has 0 N–H and O–H groups in total. The van der Waals surface area contributed by atoms with E-state index in [2.05, 4.69) is 14.5 Å². The molecule has 2 fully saturated rings. The first-order valence-corrected chi connectivity index (χ1v) is 8.38. The van der Waals surface area contributed by atoms with Gasteiger partial charge in [-0.2, -0.15) is 0 Å². The first kappa shape index (κ1) is 14.7. The summed E-state index contributed by atoms with van der Waals surface area (Å²) >= 11 is 7.37. The Kier molecular flexibility index (Phi) is 5.23. The maximum Gasteiger partial charge on any atom is 0.138 e. The van der Waals surface area contributed by atoms with E-state index >= 15 is 0 Å². The number of aromatic nitrogens is 2.